The summed E-state index contributed by atoms with van der Waals surface area (Å²) in [5.41, 5.74) is 1.72. The Morgan fingerprint density at radius 3 is 2.54 bits per heavy atom. The molecule has 3 heterocycles. The van der Waals surface area contributed by atoms with E-state index in [-0.39, 0.29) is 44.7 Å². The fourth-order valence-corrected chi connectivity index (χ4v) is 4.89. The summed E-state index contributed by atoms with van der Waals surface area (Å²) >= 11 is 0. The number of benzene rings is 1. The zero-order valence-corrected chi connectivity index (χ0v) is 27.7. The van der Waals surface area contributed by atoms with Gasteiger partial charge in [0.05, 0.1) is 34.2 Å². The van der Waals surface area contributed by atoms with Crippen molar-refractivity contribution in [2.75, 3.05) is 23.6 Å². The van der Waals surface area contributed by atoms with Gasteiger partial charge >= 0.3 is 13.9 Å². The zero-order valence-electron chi connectivity index (χ0n) is 26.8. The maximum atomic E-state index is 14.2. The number of carbonyl (C=O) groups is 1. The first kappa shape index (κ1) is 35.6. The molecule has 4 aromatic rings. The molecule has 3 N–H and O–H groups in total. The summed E-state index contributed by atoms with van der Waals surface area (Å²) in [6.45, 7) is 12.6. The molecule has 1 atom stereocenters. The number of amides is 1. The summed E-state index contributed by atoms with van der Waals surface area (Å²) in [4.78, 5) is 41.8. The van der Waals surface area contributed by atoms with E-state index < -0.39 is 32.7 Å². The standard InChI is InChI=1S/C31H33FN9O6P/c1-7-18(2)40-15-25(38-39-40)29(23-8-9-26(32)37-19(23)3)41(30(42)46-17-47-48(43,44)45)22-10-20(12-33)27-24(11-22)28(21(13-34)14-35-27)36-16-31(4,5)6/h8-11,14-15,29H,2,7,16-17H2,1,3-6H3,(H,35,36)(H2,43,44,45). The predicted octanol–water partition coefficient (Wildman–Crippen LogP) is 5.55. The largest absolute Gasteiger partial charge is 0.472 e. The third-order valence-corrected chi connectivity index (χ3v) is 7.48. The fraction of sp³-hybridized carbons (Fsp3) is 0.323. The second kappa shape index (κ2) is 14.3. The summed E-state index contributed by atoms with van der Waals surface area (Å²) in [5.74, 6) is -0.788. The number of halogens is 1. The highest BCUT2D eigenvalue weighted by molar-refractivity contribution is 7.46. The van der Waals surface area contributed by atoms with Crippen molar-refractivity contribution in [1.29, 1.82) is 10.5 Å². The van der Waals surface area contributed by atoms with Gasteiger partial charge in [-0.2, -0.15) is 14.9 Å². The lowest BCUT2D eigenvalue weighted by atomic mass is 9.96. The molecule has 0 aliphatic heterocycles. The van der Waals surface area contributed by atoms with Gasteiger partial charge in [0.25, 0.3) is 0 Å². The highest BCUT2D eigenvalue weighted by Gasteiger charge is 2.35. The Balaban J connectivity index is 2.05. The number of nitrogens with one attached hydrogen (secondary N) is 1. The van der Waals surface area contributed by atoms with Crippen LogP contribution < -0.4 is 10.2 Å². The molecular formula is C31H33FN9O6P. The third-order valence-electron chi connectivity index (χ3n) is 7.04. The Hall–Kier alpha value is -5.25. The van der Waals surface area contributed by atoms with Gasteiger partial charge in [0.2, 0.25) is 12.7 Å². The number of anilines is 2. The van der Waals surface area contributed by atoms with Crippen molar-refractivity contribution in [2.24, 2.45) is 5.41 Å². The zero-order chi connectivity index (χ0) is 35.4. The van der Waals surface area contributed by atoms with Crippen molar-refractivity contribution < 1.29 is 32.8 Å². The van der Waals surface area contributed by atoms with Gasteiger partial charge < -0.3 is 19.8 Å². The number of aromatic nitrogens is 5. The van der Waals surface area contributed by atoms with Gasteiger partial charge in [-0.1, -0.05) is 45.6 Å². The average molecular weight is 678 g/mol. The Kier molecular flexibility index (Phi) is 10.6. The molecule has 48 heavy (non-hydrogen) atoms. The van der Waals surface area contributed by atoms with Gasteiger partial charge in [0, 0.05) is 35.1 Å². The van der Waals surface area contributed by atoms with E-state index in [0.717, 1.165) is 11.0 Å². The molecule has 0 aliphatic rings. The van der Waals surface area contributed by atoms with Crippen LogP contribution in [0.2, 0.25) is 0 Å². The van der Waals surface area contributed by atoms with Gasteiger partial charge in [-0.3, -0.25) is 9.88 Å². The van der Waals surface area contributed by atoms with Crippen LogP contribution in [-0.2, 0) is 13.8 Å². The molecule has 0 radical (unpaired) electrons. The Bertz CT molecular complexity index is 2010. The van der Waals surface area contributed by atoms with Crippen molar-refractivity contribution in [1.82, 2.24) is 25.0 Å². The van der Waals surface area contributed by atoms with E-state index >= 15 is 0 Å². The van der Waals surface area contributed by atoms with Gasteiger partial charge in [-0.15, -0.1) is 5.10 Å². The van der Waals surface area contributed by atoms with Gasteiger partial charge in [0.15, 0.2) is 0 Å². The molecule has 1 aromatic carbocycles. The quantitative estimate of drug-likeness (QED) is 0.101. The van der Waals surface area contributed by atoms with E-state index in [4.69, 9.17) is 4.74 Å². The number of aryl methyl sites for hydroxylation is 1. The second-order valence-electron chi connectivity index (χ2n) is 11.8. The summed E-state index contributed by atoms with van der Waals surface area (Å²) in [5, 5.41) is 32.2. The first-order valence-corrected chi connectivity index (χ1v) is 16.0. The molecular weight excluding hydrogens is 644 g/mol. The number of pyridine rings is 2. The predicted molar refractivity (Wildman–Crippen MR) is 172 cm³/mol. The van der Waals surface area contributed by atoms with Gasteiger partial charge in [0.1, 0.15) is 23.9 Å². The molecule has 250 valence electrons. The van der Waals surface area contributed by atoms with Crippen LogP contribution in [-0.4, -0.2) is 54.2 Å². The maximum Gasteiger partial charge on any atom is 0.472 e. The lowest BCUT2D eigenvalue weighted by molar-refractivity contribution is 0.0427. The Labute approximate surface area is 275 Å². The molecule has 0 spiro atoms. The van der Waals surface area contributed by atoms with Crippen LogP contribution in [0.5, 0.6) is 0 Å². The van der Waals surface area contributed by atoms with Crippen LogP contribution in [0.25, 0.3) is 16.6 Å². The number of allylic oxidation sites excluding steroid dienone is 1. The number of phosphoric ester groups is 1. The van der Waals surface area contributed by atoms with E-state index in [1.165, 1.54) is 42.2 Å². The Morgan fingerprint density at radius 1 is 1.23 bits per heavy atom. The minimum absolute atomic E-state index is 0.0192. The molecule has 3 aromatic heterocycles. The molecule has 1 amide bonds. The van der Waals surface area contributed by atoms with Crippen molar-refractivity contribution in [2.45, 2.75) is 47.1 Å². The number of fused-ring (bicyclic) bond motifs is 1. The summed E-state index contributed by atoms with van der Waals surface area (Å²) in [6, 6.07) is 8.27. The smallest absolute Gasteiger partial charge is 0.421 e. The number of phosphoric acid groups is 1. The van der Waals surface area contributed by atoms with Crippen LogP contribution in [0.4, 0.5) is 20.6 Å². The van der Waals surface area contributed by atoms with Gasteiger partial charge in [-0.05, 0) is 37.0 Å². The third kappa shape index (κ3) is 8.17. The summed E-state index contributed by atoms with van der Waals surface area (Å²) in [6.07, 6.45) is 2.15. The fourth-order valence-electron chi connectivity index (χ4n) is 4.69. The highest BCUT2D eigenvalue weighted by Crippen LogP contribution is 2.40. The van der Waals surface area contributed by atoms with Crippen LogP contribution in [0, 0.1) is 40.9 Å². The van der Waals surface area contributed by atoms with Crippen LogP contribution in [0.3, 0.4) is 0 Å². The monoisotopic (exact) mass is 677 g/mol. The number of carbonyl (C=O) groups excluding carboxylic acids is 1. The first-order valence-electron chi connectivity index (χ1n) is 14.5. The van der Waals surface area contributed by atoms with Crippen molar-refractivity contribution >= 4 is 41.9 Å². The van der Waals surface area contributed by atoms with Crippen molar-refractivity contribution in [3.05, 3.63) is 77.3 Å². The minimum Gasteiger partial charge on any atom is -0.421 e. The number of rotatable bonds is 11. The van der Waals surface area contributed by atoms with Crippen LogP contribution >= 0.6 is 7.82 Å². The van der Waals surface area contributed by atoms with Crippen molar-refractivity contribution in [3.63, 3.8) is 0 Å². The number of ether oxygens (including phenoxy) is 1. The number of nitrogens with zero attached hydrogens (tertiary/aromatic N) is 8. The van der Waals surface area contributed by atoms with E-state index in [9.17, 15) is 34.1 Å². The SMILES string of the molecule is C=C(CC)n1cc(C(c2ccc(F)nc2C)N(C(=O)OCOP(=O)(O)O)c2cc(C#N)c3ncc(C#N)c(NCC(C)(C)C)c3c2)nn1. The highest BCUT2D eigenvalue weighted by atomic mass is 31.2. The van der Waals surface area contributed by atoms with E-state index in [1.807, 2.05) is 27.7 Å². The van der Waals surface area contributed by atoms with Crippen LogP contribution in [0.15, 0.2) is 43.2 Å². The minimum atomic E-state index is -5.04. The van der Waals surface area contributed by atoms with Crippen LogP contribution in [0.1, 0.15) is 68.2 Å². The average Bonchev–Trinajstić information content (AvgIpc) is 3.50. The summed E-state index contributed by atoms with van der Waals surface area (Å²) in [7, 11) is -5.04. The first-order chi connectivity index (χ1) is 22.6. The molecule has 0 saturated heterocycles. The molecule has 0 aliphatic carbocycles. The topological polar surface area (TPSA) is 212 Å². The van der Waals surface area contributed by atoms with E-state index in [1.54, 1.807) is 0 Å². The Morgan fingerprint density at radius 2 is 1.94 bits per heavy atom. The molecule has 15 nitrogen and oxygen atoms in total. The lowest BCUT2D eigenvalue weighted by Gasteiger charge is -2.31. The van der Waals surface area contributed by atoms with E-state index in [0.29, 0.717) is 29.7 Å². The molecule has 0 bridgehead atoms. The normalized spacial score (nSPS) is 12.2. The van der Waals surface area contributed by atoms with Crippen molar-refractivity contribution in [3.8, 4) is 12.1 Å². The van der Waals surface area contributed by atoms with Gasteiger partial charge in [-0.25, -0.2) is 23.5 Å². The molecule has 0 saturated carbocycles. The van der Waals surface area contributed by atoms with E-state index in [2.05, 4.69) is 48.8 Å². The molecule has 4 rings (SSSR count). The lowest BCUT2D eigenvalue weighted by Crippen LogP contribution is -2.37. The molecule has 0 fully saturated rings. The maximum absolute atomic E-state index is 14.2. The molecule has 17 heteroatoms. The second-order valence-corrected chi connectivity index (χ2v) is 13.1. The number of nitriles is 2. The number of hydrogen-bond donors (Lipinski definition) is 3. The number of hydrogen-bond acceptors (Lipinski definition) is 11. The summed E-state index contributed by atoms with van der Waals surface area (Å²) < 4.78 is 36.6. The molecule has 1 unspecified atom stereocenters.